The van der Waals surface area contributed by atoms with Gasteiger partial charge in [-0.05, 0) is 11.6 Å². The maximum absolute atomic E-state index is 11.7. The molecule has 1 unspecified atom stereocenters. The summed E-state index contributed by atoms with van der Waals surface area (Å²) in [5, 5.41) is 2.73. The van der Waals surface area contributed by atoms with Gasteiger partial charge in [0.2, 0.25) is 5.91 Å². The molecule has 0 spiro atoms. The van der Waals surface area contributed by atoms with Gasteiger partial charge in [0.15, 0.2) is 0 Å². The third-order valence-corrected chi connectivity index (χ3v) is 3.31. The van der Waals surface area contributed by atoms with Crippen molar-refractivity contribution in [2.45, 2.75) is 6.04 Å². The van der Waals surface area contributed by atoms with Crippen LogP contribution in [0, 0.1) is 0 Å². The van der Waals surface area contributed by atoms with Crippen molar-refractivity contribution in [1.29, 1.82) is 0 Å². The molecule has 24 heavy (non-hydrogen) atoms. The van der Waals surface area contributed by atoms with Crippen LogP contribution in [0.4, 0.5) is 0 Å². The first-order valence-electron chi connectivity index (χ1n) is 7.52. The fraction of sp³-hybridized carbons (Fsp3) is 0.278. The van der Waals surface area contributed by atoms with Crippen molar-refractivity contribution in [3.05, 3.63) is 54.6 Å². The van der Waals surface area contributed by atoms with Gasteiger partial charge in [-0.3, -0.25) is 4.79 Å². The van der Waals surface area contributed by atoms with Gasteiger partial charge in [0, 0.05) is 12.7 Å². The molecule has 2 rings (SSSR count). The smallest absolute Gasteiger partial charge is 0.239 e. The standard InChI is InChI=1S/C18H22N2O3.ClH/c1-22-13-16(19)18(21)20-11-12-23-17-10-6-5-9-15(17)14-7-3-2-4-8-14;/h2-10,16H,11-13,19H2,1H3,(H,20,21);1H. The summed E-state index contributed by atoms with van der Waals surface area (Å²) in [6, 6.07) is 17.2. The van der Waals surface area contributed by atoms with E-state index in [1.807, 2.05) is 54.6 Å². The van der Waals surface area contributed by atoms with Crippen molar-refractivity contribution >= 4 is 18.3 Å². The van der Waals surface area contributed by atoms with Crippen molar-refractivity contribution in [2.24, 2.45) is 5.73 Å². The van der Waals surface area contributed by atoms with E-state index >= 15 is 0 Å². The van der Waals surface area contributed by atoms with E-state index in [9.17, 15) is 4.79 Å². The van der Waals surface area contributed by atoms with Crippen LogP contribution < -0.4 is 15.8 Å². The van der Waals surface area contributed by atoms with Crippen LogP contribution in [0.15, 0.2) is 54.6 Å². The topological polar surface area (TPSA) is 73.6 Å². The van der Waals surface area contributed by atoms with E-state index in [4.69, 9.17) is 15.2 Å². The quantitative estimate of drug-likeness (QED) is 0.716. The third-order valence-electron chi connectivity index (χ3n) is 3.31. The summed E-state index contributed by atoms with van der Waals surface area (Å²) < 4.78 is 10.6. The van der Waals surface area contributed by atoms with Gasteiger partial charge >= 0.3 is 0 Å². The predicted octanol–water partition coefficient (Wildman–Crippen LogP) is 2.24. The molecule has 2 aromatic carbocycles. The second-order valence-corrected chi connectivity index (χ2v) is 5.06. The van der Waals surface area contributed by atoms with Crippen molar-refractivity contribution < 1.29 is 14.3 Å². The minimum Gasteiger partial charge on any atom is -0.491 e. The van der Waals surface area contributed by atoms with Gasteiger partial charge in [0.05, 0.1) is 13.2 Å². The molecule has 0 aromatic heterocycles. The molecular formula is C18H23ClN2O3. The molecule has 1 atom stereocenters. The van der Waals surface area contributed by atoms with Gasteiger partial charge in [0.25, 0.3) is 0 Å². The molecule has 2 aromatic rings. The maximum Gasteiger partial charge on any atom is 0.239 e. The van der Waals surface area contributed by atoms with Crippen molar-refractivity contribution in [3.63, 3.8) is 0 Å². The fourth-order valence-corrected chi connectivity index (χ4v) is 2.17. The van der Waals surface area contributed by atoms with Crippen LogP contribution in [0.5, 0.6) is 5.75 Å². The van der Waals surface area contributed by atoms with Gasteiger partial charge in [-0.25, -0.2) is 0 Å². The van der Waals surface area contributed by atoms with E-state index in [0.29, 0.717) is 13.2 Å². The first kappa shape index (κ1) is 20.0. The van der Waals surface area contributed by atoms with Gasteiger partial charge in [-0.15, -0.1) is 12.4 Å². The van der Waals surface area contributed by atoms with E-state index in [0.717, 1.165) is 16.9 Å². The zero-order valence-electron chi connectivity index (χ0n) is 13.6. The molecule has 0 saturated carbocycles. The number of hydrogen-bond donors (Lipinski definition) is 2. The molecule has 0 aliphatic heterocycles. The molecule has 0 bridgehead atoms. The van der Waals surface area contributed by atoms with Crippen LogP contribution in [0.1, 0.15) is 0 Å². The SMILES string of the molecule is COCC(N)C(=O)NCCOc1ccccc1-c1ccccc1.Cl. The first-order valence-corrected chi connectivity index (χ1v) is 7.52. The van der Waals surface area contributed by atoms with Gasteiger partial charge in [-0.2, -0.15) is 0 Å². The maximum atomic E-state index is 11.7. The van der Waals surface area contributed by atoms with E-state index in [1.165, 1.54) is 7.11 Å². The summed E-state index contributed by atoms with van der Waals surface area (Å²) in [4.78, 5) is 11.7. The normalized spacial score (nSPS) is 11.2. The summed E-state index contributed by atoms with van der Waals surface area (Å²) in [5.41, 5.74) is 7.76. The lowest BCUT2D eigenvalue weighted by Crippen LogP contribution is -2.44. The largest absolute Gasteiger partial charge is 0.491 e. The molecule has 0 aliphatic rings. The van der Waals surface area contributed by atoms with Crippen LogP contribution >= 0.6 is 12.4 Å². The lowest BCUT2D eigenvalue weighted by molar-refractivity contribution is -0.123. The number of benzene rings is 2. The van der Waals surface area contributed by atoms with Crippen LogP contribution in [0.3, 0.4) is 0 Å². The summed E-state index contributed by atoms with van der Waals surface area (Å²) >= 11 is 0. The Balaban J connectivity index is 0.00000288. The van der Waals surface area contributed by atoms with Crippen molar-refractivity contribution in [3.8, 4) is 16.9 Å². The number of rotatable bonds is 8. The minimum absolute atomic E-state index is 0. The molecule has 5 nitrogen and oxygen atoms in total. The van der Waals surface area contributed by atoms with Crippen LogP contribution in [-0.4, -0.2) is 38.8 Å². The number of nitrogens with two attached hydrogens (primary N) is 1. The van der Waals surface area contributed by atoms with Crippen LogP contribution in [-0.2, 0) is 9.53 Å². The highest BCUT2D eigenvalue weighted by Gasteiger charge is 2.12. The van der Waals surface area contributed by atoms with Crippen molar-refractivity contribution in [2.75, 3.05) is 26.9 Å². The molecule has 3 N–H and O–H groups in total. The highest BCUT2D eigenvalue weighted by Crippen LogP contribution is 2.29. The summed E-state index contributed by atoms with van der Waals surface area (Å²) in [7, 11) is 1.51. The Labute approximate surface area is 148 Å². The van der Waals surface area contributed by atoms with Gasteiger partial charge in [0.1, 0.15) is 18.4 Å². The monoisotopic (exact) mass is 350 g/mol. The molecule has 1 amide bonds. The molecule has 0 aliphatic carbocycles. The number of carbonyl (C=O) groups excluding carboxylic acids is 1. The molecule has 0 heterocycles. The zero-order valence-corrected chi connectivity index (χ0v) is 14.4. The number of carbonyl (C=O) groups is 1. The molecule has 0 radical (unpaired) electrons. The Morgan fingerprint density at radius 1 is 1.12 bits per heavy atom. The number of para-hydroxylation sites is 1. The van der Waals surface area contributed by atoms with E-state index < -0.39 is 6.04 Å². The second-order valence-electron chi connectivity index (χ2n) is 5.06. The Bertz CT molecular complexity index is 623. The van der Waals surface area contributed by atoms with E-state index in [1.54, 1.807) is 0 Å². The first-order chi connectivity index (χ1) is 11.2. The van der Waals surface area contributed by atoms with Gasteiger partial charge in [-0.1, -0.05) is 48.5 Å². The van der Waals surface area contributed by atoms with Gasteiger partial charge < -0.3 is 20.5 Å². The highest BCUT2D eigenvalue weighted by atomic mass is 35.5. The minimum atomic E-state index is -0.656. The average molecular weight is 351 g/mol. The number of amides is 1. The number of hydrogen-bond acceptors (Lipinski definition) is 4. The van der Waals surface area contributed by atoms with E-state index in [-0.39, 0.29) is 24.9 Å². The lowest BCUT2D eigenvalue weighted by Gasteiger charge is -2.14. The molecule has 130 valence electrons. The fourth-order valence-electron chi connectivity index (χ4n) is 2.17. The Hall–Kier alpha value is -2.08. The number of halogens is 1. The molecular weight excluding hydrogens is 328 g/mol. The Morgan fingerprint density at radius 2 is 1.79 bits per heavy atom. The summed E-state index contributed by atoms with van der Waals surface area (Å²) in [5.74, 6) is 0.543. The Kier molecular flexibility index (Phi) is 8.86. The zero-order chi connectivity index (χ0) is 16.5. The number of ether oxygens (including phenoxy) is 2. The summed E-state index contributed by atoms with van der Waals surface area (Å²) in [6.07, 6.45) is 0. The molecule has 0 saturated heterocycles. The number of nitrogens with one attached hydrogen (secondary N) is 1. The highest BCUT2D eigenvalue weighted by molar-refractivity contribution is 5.85. The number of methoxy groups -OCH3 is 1. The third kappa shape index (κ3) is 5.85. The lowest BCUT2D eigenvalue weighted by atomic mass is 10.1. The summed E-state index contributed by atoms with van der Waals surface area (Å²) in [6.45, 7) is 0.957. The molecule has 0 fully saturated rings. The van der Waals surface area contributed by atoms with E-state index in [2.05, 4.69) is 5.32 Å². The molecule has 6 heteroatoms. The predicted molar refractivity (Wildman–Crippen MR) is 97.5 cm³/mol. The van der Waals surface area contributed by atoms with Crippen LogP contribution in [0.25, 0.3) is 11.1 Å². The Morgan fingerprint density at radius 3 is 2.50 bits per heavy atom. The average Bonchev–Trinajstić information content (AvgIpc) is 2.60. The van der Waals surface area contributed by atoms with Crippen molar-refractivity contribution in [1.82, 2.24) is 5.32 Å². The second kappa shape index (κ2) is 10.6. The van der Waals surface area contributed by atoms with Crippen LogP contribution in [0.2, 0.25) is 0 Å².